The normalized spacial score (nSPS) is 25.4. The molecule has 1 aromatic rings. The smallest absolute Gasteiger partial charge is 0.0387 e. The number of hydrogen-bond donors (Lipinski definition) is 1. The molecule has 0 bridgehead atoms. The average molecular weight is 219 g/mol. The van der Waals surface area contributed by atoms with E-state index in [1.807, 2.05) is 12.1 Å². The zero-order chi connectivity index (χ0) is 11.7. The minimum Gasteiger partial charge on any atom is -0.399 e. The molecule has 2 rings (SSSR count). The van der Waals surface area contributed by atoms with E-state index < -0.39 is 0 Å². The van der Waals surface area contributed by atoms with E-state index in [0.717, 1.165) is 18.8 Å². The van der Waals surface area contributed by atoms with Gasteiger partial charge in [0.2, 0.25) is 0 Å². The molecule has 1 aliphatic heterocycles. The second-order valence-corrected chi connectivity index (χ2v) is 5.01. The van der Waals surface area contributed by atoms with Crippen LogP contribution in [0.4, 0.5) is 11.4 Å². The molecule has 1 fully saturated rings. The Labute approximate surface area is 97.8 Å². The summed E-state index contributed by atoms with van der Waals surface area (Å²) in [4.78, 5) is 4.74. The highest BCUT2D eigenvalue weighted by Gasteiger charge is 2.30. The first-order chi connectivity index (χ1) is 7.58. The molecular weight excluding hydrogens is 198 g/mol. The van der Waals surface area contributed by atoms with Gasteiger partial charge in [-0.15, -0.1) is 0 Å². The second-order valence-electron chi connectivity index (χ2n) is 5.01. The summed E-state index contributed by atoms with van der Waals surface area (Å²) in [6.45, 7) is 4.53. The van der Waals surface area contributed by atoms with Crippen LogP contribution in [0.1, 0.15) is 6.92 Å². The van der Waals surface area contributed by atoms with E-state index in [1.165, 1.54) is 5.69 Å². The van der Waals surface area contributed by atoms with Crippen LogP contribution in [-0.2, 0) is 0 Å². The van der Waals surface area contributed by atoms with Gasteiger partial charge in [-0.25, -0.2) is 0 Å². The lowest BCUT2D eigenvalue weighted by molar-refractivity contribution is 0.266. The zero-order valence-corrected chi connectivity index (χ0v) is 10.4. The van der Waals surface area contributed by atoms with Crippen LogP contribution in [0.5, 0.6) is 0 Å². The molecule has 3 nitrogen and oxygen atoms in total. The Bertz CT molecular complexity index is 362. The van der Waals surface area contributed by atoms with Crippen LogP contribution in [0.15, 0.2) is 24.3 Å². The molecule has 1 saturated heterocycles. The summed E-state index contributed by atoms with van der Waals surface area (Å²) in [5.74, 6) is 0.705. The number of nitrogen functional groups attached to an aromatic ring is 1. The predicted molar refractivity (Wildman–Crippen MR) is 69.7 cm³/mol. The fraction of sp³-hybridized carbons (Fsp3) is 0.538. The topological polar surface area (TPSA) is 32.5 Å². The maximum absolute atomic E-state index is 5.82. The summed E-state index contributed by atoms with van der Waals surface area (Å²) in [6, 6.07) is 8.80. The fourth-order valence-electron chi connectivity index (χ4n) is 2.55. The van der Waals surface area contributed by atoms with Crippen LogP contribution >= 0.6 is 0 Å². The van der Waals surface area contributed by atoms with Crippen LogP contribution < -0.4 is 10.6 Å². The van der Waals surface area contributed by atoms with Crippen molar-refractivity contribution in [1.82, 2.24) is 4.90 Å². The predicted octanol–water partition coefficient (Wildman–Crippen LogP) is 1.66. The average Bonchev–Trinajstić information content (AvgIpc) is 2.60. The summed E-state index contributed by atoms with van der Waals surface area (Å²) in [5.41, 5.74) is 7.91. The van der Waals surface area contributed by atoms with Gasteiger partial charge in [0.25, 0.3) is 0 Å². The minimum atomic E-state index is 0.640. The molecule has 1 aliphatic rings. The van der Waals surface area contributed by atoms with Gasteiger partial charge in [-0.1, -0.05) is 13.0 Å². The molecule has 0 radical (unpaired) electrons. The van der Waals surface area contributed by atoms with E-state index in [1.54, 1.807) is 0 Å². The lowest BCUT2D eigenvalue weighted by atomic mass is 10.1. The van der Waals surface area contributed by atoms with Gasteiger partial charge in [0.15, 0.2) is 0 Å². The summed E-state index contributed by atoms with van der Waals surface area (Å²) in [5, 5.41) is 0. The third kappa shape index (κ3) is 2.14. The van der Waals surface area contributed by atoms with E-state index >= 15 is 0 Å². The molecule has 2 N–H and O–H groups in total. The van der Waals surface area contributed by atoms with Crippen molar-refractivity contribution in [2.45, 2.75) is 13.0 Å². The van der Waals surface area contributed by atoms with E-state index in [-0.39, 0.29) is 0 Å². The van der Waals surface area contributed by atoms with Crippen molar-refractivity contribution < 1.29 is 0 Å². The van der Waals surface area contributed by atoms with Gasteiger partial charge in [-0.05, 0) is 38.2 Å². The number of likely N-dealkylation sites (N-methyl/N-ethyl adjacent to an activating group) is 1. The first kappa shape index (κ1) is 11.3. The van der Waals surface area contributed by atoms with E-state index in [0.29, 0.717) is 12.0 Å². The largest absolute Gasteiger partial charge is 0.399 e. The van der Waals surface area contributed by atoms with Crippen molar-refractivity contribution in [2.24, 2.45) is 5.92 Å². The summed E-state index contributed by atoms with van der Waals surface area (Å²) in [7, 11) is 4.31. The summed E-state index contributed by atoms with van der Waals surface area (Å²) in [6.07, 6.45) is 0. The van der Waals surface area contributed by atoms with Crippen molar-refractivity contribution in [2.75, 3.05) is 37.8 Å². The lowest BCUT2D eigenvalue weighted by Gasteiger charge is -2.23. The Morgan fingerprint density at radius 1 is 1.31 bits per heavy atom. The molecule has 0 amide bonds. The Balaban J connectivity index is 2.13. The van der Waals surface area contributed by atoms with E-state index in [4.69, 9.17) is 5.73 Å². The fourth-order valence-corrected chi connectivity index (χ4v) is 2.55. The molecular formula is C13H21N3. The standard InChI is InChI=1S/C13H21N3/c1-10-8-16(9-13(10)15(2)3)12-6-4-5-11(14)7-12/h4-7,10,13H,8-9,14H2,1-3H3. The molecule has 2 unspecified atom stereocenters. The molecule has 0 spiro atoms. The van der Waals surface area contributed by atoms with Crippen LogP contribution in [-0.4, -0.2) is 38.1 Å². The van der Waals surface area contributed by atoms with Crippen molar-refractivity contribution in [3.63, 3.8) is 0 Å². The quantitative estimate of drug-likeness (QED) is 0.768. The zero-order valence-electron chi connectivity index (χ0n) is 10.4. The van der Waals surface area contributed by atoms with Gasteiger partial charge in [-0.3, -0.25) is 0 Å². The third-order valence-electron chi connectivity index (χ3n) is 3.47. The SMILES string of the molecule is CC1CN(c2cccc(N)c2)CC1N(C)C. The van der Waals surface area contributed by atoms with Gasteiger partial charge < -0.3 is 15.5 Å². The molecule has 16 heavy (non-hydrogen) atoms. The molecule has 88 valence electrons. The van der Waals surface area contributed by atoms with Crippen molar-refractivity contribution in [3.8, 4) is 0 Å². The Morgan fingerprint density at radius 3 is 2.62 bits per heavy atom. The molecule has 0 aliphatic carbocycles. The first-order valence-electron chi connectivity index (χ1n) is 5.85. The molecule has 2 atom stereocenters. The lowest BCUT2D eigenvalue weighted by Crippen LogP contribution is -2.34. The maximum atomic E-state index is 5.82. The molecule has 1 aromatic carbocycles. The molecule has 0 saturated carbocycles. The number of rotatable bonds is 2. The third-order valence-corrected chi connectivity index (χ3v) is 3.47. The Hall–Kier alpha value is -1.22. The van der Waals surface area contributed by atoms with Crippen molar-refractivity contribution in [3.05, 3.63) is 24.3 Å². The highest BCUT2D eigenvalue weighted by Crippen LogP contribution is 2.26. The first-order valence-corrected chi connectivity index (χ1v) is 5.85. The highest BCUT2D eigenvalue weighted by atomic mass is 15.2. The van der Waals surface area contributed by atoms with Gasteiger partial charge in [0, 0.05) is 30.5 Å². The van der Waals surface area contributed by atoms with Crippen LogP contribution in [0.25, 0.3) is 0 Å². The maximum Gasteiger partial charge on any atom is 0.0387 e. The Morgan fingerprint density at radius 2 is 2.06 bits per heavy atom. The minimum absolute atomic E-state index is 0.640. The molecule has 0 aromatic heterocycles. The number of anilines is 2. The summed E-state index contributed by atoms with van der Waals surface area (Å²) >= 11 is 0. The van der Waals surface area contributed by atoms with E-state index in [2.05, 4.69) is 43.0 Å². The van der Waals surface area contributed by atoms with Gasteiger partial charge in [-0.2, -0.15) is 0 Å². The Kier molecular flexibility index (Phi) is 3.06. The monoisotopic (exact) mass is 219 g/mol. The number of benzene rings is 1. The van der Waals surface area contributed by atoms with Gasteiger partial charge in [0.05, 0.1) is 0 Å². The summed E-state index contributed by atoms with van der Waals surface area (Å²) < 4.78 is 0. The van der Waals surface area contributed by atoms with Crippen LogP contribution in [0.3, 0.4) is 0 Å². The van der Waals surface area contributed by atoms with Gasteiger partial charge >= 0.3 is 0 Å². The number of hydrogen-bond acceptors (Lipinski definition) is 3. The molecule has 3 heteroatoms. The number of nitrogens with two attached hydrogens (primary N) is 1. The van der Waals surface area contributed by atoms with Crippen molar-refractivity contribution >= 4 is 11.4 Å². The molecule has 1 heterocycles. The van der Waals surface area contributed by atoms with Gasteiger partial charge in [0.1, 0.15) is 0 Å². The second kappa shape index (κ2) is 4.34. The highest BCUT2D eigenvalue weighted by molar-refractivity contribution is 5.56. The number of nitrogens with zero attached hydrogens (tertiary/aromatic N) is 2. The van der Waals surface area contributed by atoms with Crippen LogP contribution in [0, 0.1) is 5.92 Å². The van der Waals surface area contributed by atoms with Crippen molar-refractivity contribution in [1.29, 1.82) is 0 Å². The van der Waals surface area contributed by atoms with Crippen LogP contribution in [0.2, 0.25) is 0 Å². The van der Waals surface area contributed by atoms with E-state index in [9.17, 15) is 0 Å².